The number of rotatable bonds is 4. The molecule has 5 rings (SSSR count). The fraction of sp³-hybridized carbons (Fsp3) is 0.286. The molecule has 7 N–H and O–H groups in total. The van der Waals surface area contributed by atoms with Gasteiger partial charge in [-0.1, -0.05) is 12.1 Å². The van der Waals surface area contributed by atoms with E-state index >= 15 is 0 Å². The van der Waals surface area contributed by atoms with Gasteiger partial charge in [-0.15, -0.1) is 0 Å². The predicted molar refractivity (Wildman–Crippen MR) is 134 cm³/mol. The number of primary amides is 1. The molecular weight excluding hydrogens is 511 g/mol. The van der Waals surface area contributed by atoms with E-state index in [1.165, 1.54) is 31.2 Å². The highest BCUT2D eigenvalue weighted by Gasteiger charge is 2.60. The highest BCUT2D eigenvalue weighted by atomic mass is 19.1. The summed E-state index contributed by atoms with van der Waals surface area (Å²) in [6.07, 6.45) is -0.344. The van der Waals surface area contributed by atoms with Gasteiger partial charge in [0, 0.05) is 36.9 Å². The van der Waals surface area contributed by atoms with Crippen LogP contribution in [0.15, 0.2) is 47.2 Å². The van der Waals surface area contributed by atoms with E-state index in [-0.39, 0.29) is 42.0 Å². The molecule has 2 aromatic rings. The molecule has 2 aromatic carbocycles. The van der Waals surface area contributed by atoms with E-state index in [2.05, 4.69) is 5.32 Å². The molecule has 0 unspecified atom stereocenters. The summed E-state index contributed by atoms with van der Waals surface area (Å²) in [7, 11) is 0. The molecule has 3 atom stereocenters. The van der Waals surface area contributed by atoms with Crippen LogP contribution in [0, 0.1) is 17.7 Å². The Morgan fingerprint density at radius 2 is 1.79 bits per heavy atom. The number of hydrogen-bond acceptors (Lipinski definition) is 8. The molecule has 0 spiro atoms. The predicted octanol–water partition coefficient (Wildman–Crippen LogP) is 1.87. The molecule has 1 saturated carbocycles. The van der Waals surface area contributed by atoms with E-state index in [9.17, 15) is 44.0 Å². The van der Waals surface area contributed by atoms with Crippen LogP contribution in [-0.2, 0) is 32.1 Å². The normalized spacial score (nSPS) is 24.2. The molecule has 0 saturated heterocycles. The number of nitrogens with one attached hydrogen (secondary N) is 1. The summed E-state index contributed by atoms with van der Waals surface area (Å²) in [5.74, 6) is -8.08. The first-order valence-corrected chi connectivity index (χ1v) is 12.2. The van der Waals surface area contributed by atoms with Crippen LogP contribution in [0.4, 0.5) is 4.39 Å². The zero-order valence-corrected chi connectivity index (χ0v) is 20.7. The van der Waals surface area contributed by atoms with Crippen LogP contribution in [0.2, 0.25) is 0 Å². The van der Waals surface area contributed by atoms with Gasteiger partial charge in [-0.3, -0.25) is 19.2 Å². The zero-order chi connectivity index (χ0) is 28.4. The summed E-state index contributed by atoms with van der Waals surface area (Å²) in [6.45, 7) is 1.16. The number of phenols is 1. The quantitative estimate of drug-likeness (QED) is 0.320. The Bertz CT molecular complexity index is 1540. The van der Waals surface area contributed by atoms with Gasteiger partial charge in [0.15, 0.2) is 11.4 Å². The average molecular weight is 537 g/mol. The van der Waals surface area contributed by atoms with E-state index < -0.39 is 70.0 Å². The fourth-order valence-corrected chi connectivity index (χ4v) is 5.99. The number of amides is 2. The summed E-state index contributed by atoms with van der Waals surface area (Å²) in [6, 6.07) is 7.12. The SMILES string of the molecule is CC(=O)NCc1cc(-c2ccc(F)cc2)c2c(c1O)C(O)=C1C(=O)[C@]3(O)C(O)=C(C(N)=O)C(=O)C[C@@H]3C[C@@H]1C2. The third-order valence-corrected chi connectivity index (χ3v) is 7.83. The first-order chi connectivity index (χ1) is 18.4. The van der Waals surface area contributed by atoms with Gasteiger partial charge in [-0.25, -0.2) is 4.39 Å². The van der Waals surface area contributed by atoms with Crippen LogP contribution >= 0.6 is 0 Å². The standard InChI is InChI=1S/C28H25FN2O8/c1-11(32)31-10-14-8-17(12-2-4-16(29)5-3-12)18-7-13-6-15-9-19(33)22(27(30)38)26(37)28(15,39)25(36)20(13)24(35)21(18)23(14)34/h2-5,8,13,15,34-35,37,39H,6-7,9-10H2,1H3,(H2,30,38)(H,31,32)/t13-,15+,28+/m1/s1. The molecule has 0 bridgehead atoms. The van der Waals surface area contributed by atoms with Crippen LogP contribution in [0.3, 0.4) is 0 Å². The van der Waals surface area contributed by atoms with Gasteiger partial charge in [0.25, 0.3) is 5.91 Å². The minimum atomic E-state index is -2.67. The molecule has 202 valence electrons. The number of Topliss-reactive ketones (excluding diaryl/α,β-unsaturated/α-hetero) is 2. The third kappa shape index (κ3) is 3.88. The zero-order valence-electron chi connectivity index (χ0n) is 20.7. The van der Waals surface area contributed by atoms with Gasteiger partial charge in [0.2, 0.25) is 11.7 Å². The van der Waals surface area contributed by atoms with Gasteiger partial charge >= 0.3 is 0 Å². The lowest BCUT2D eigenvalue weighted by Crippen LogP contribution is -2.58. The molecule has 3 aliphatic rings. The van der Waals surface area contributed by atoms with Crippen LogP contribution < -0.4 is 11.1 Å². The highest BCUT2D eigenvalue weighted by molar-refractivity contribution is 6.22. The smallest absolute Gasteiger partial charge is 0.255 e. The van der Waals surface area contributed by atoms with Crippen LogP contribution in [-0.4, -0.2) is 49.4 Å². The Labute approximate surface area is 221 Å². The molecule has 3 aliphatic carbocycles. The van der Waals surface area contributed by atoms with Crippen molar-refractivity contribution in [2.24, 2.45) is 17.6 Å². The lowest BCUT2D eigenvalue weighted by atomic mass is 9.59. The van der Waals surface area contributed by atoms with Gasteiger partial charge in [-0.2, -0.15) is 0 Å². The monoisotopic (exact) mass is 536 g/mol. The van der Waals surface area contributed by atoms with E-state index in [0.29, 0.717) is 16.7 Å². The Balaban J connectivity index is 1.74. The lowest BCUT2D eigenvalue weighted by molar-refractivity contribution is -0.147. The number of aliphatic hydroxyl groups is 3. The van der Waals surface area contributed by atoms with Crippen LogP contribution in [0.25, 0.3) is 16.9 Å². The molecule has 11 heteroatoms. The summed E-state index contributed by atoms with van der Waals surface area (Å²) < 4.78 is 13.7. The minimum Gasteiger partial charge on any atom is -0.508 e. The van der Waals surface area contributed by atoms with Gasteiger partial charge in [0.1, 0.15) is 28.7 Å². The molecule has 0 heterocycles. The molecule has 0 aromatic heterocycles. The Morgan fingerprint density at radius 1 is 1.13 bits per heavy atom. The molecule has 10 nitrogen and oxygen atoms in total. The summed E-state index contributed by atoms with van der Waals surface area (Å²) in [5, 5.41) is 47.3. The van der Waals surface area contributed by atoms with E-state index in [1.54, 1.807) is 6.07 Å². The minimum absolute atomic E-state index is 0.0137. The Hall–Kier alpha value is -4.51. The first kappa shape index (κ1) is 26.1. The second-order valence-electron chi connectivity index (χ2n) is 10.1. The first-order valence-electron chi connectivity index (χ1n) is 12.2. The fourth-order valence-electron chi connectivity index (χ4n) is 5.99. The van der Waals surface area contributed by atoms with Crippen molar-refractivity contribution in [3.05, 3.63) is 69.7 Å². The number of carbonyl (C=O) groups is 4. The number of fused-ring (bicyclic) bond motifs is 3. The average Bonchev–Trinajstić information content (AvgIpc) is 2.86. The van der Waals surface area contributed by atoms with Crippen molar-refractivity contribution in [3.8, 4) is 16.9 Å². The molecule has 0 radical (unpaired) electrons. The summed E-state index contributed by atoms with van der Waals surface area (Å²) in [5.41, 5.74) is 3.01. The molecular formula is C28H25FN2O8. The van der Waals surface area contributed by atoms with Crippen molar-refractivity contribution >= 4 is 29.1 Å². The Morgan fingerprint density at radius 3 is 2.41 bits per heavy atom. The van der Waals surface area contributed by atoms with Gasteiger partial charge < -0.3 is 31.5 Å². The van der Waals surface area contributed by atoms with E-state index in [4.69, 9.17) is 5.73 Å². The van der Waals surface area contributed by atoms with Crippen molar-refractivity contribution in [1.29, 1.82) is 0 Å². The van der Waals surface area contributed by atoms with Crippen molar-refractivity contribution in [1.82, 2.24) is 5.32 Å². The van der Waals surface area contributed by atoms with Crippen molar-refractivity contribution < 1.29 is 44.0 Å². The maximum atomic E-state index is 13.7. The molecule has 1 fully saturated rings. The van der Waals surface area contributed by atoms with Crippen LogP contribution in [0.1, 0.15) is 36.5 Å². The van der Waals surface area contributed by atoms with Crippen molar-refractivity contribution in [2.75, 3.05) is 0 Å². The number of nitrogens with two attached hydrogens (primary N) is 1. The number of aliphatic hydroxyl groups excluding tert-OH is 2. The molecule has 39 heavy (non-hydrogen) atoms. The number of carbonyl (C=O) groups excluding carboxylic acids is 4. The third-order valence-electron chi connectivity index (χ3n) is 7.83. The lowest BCUT2D eigenvalue weighted by Gasteiger charge is -2.46. The summed E-state index contributed by atoms with van der Waals surface area (Å²) in [4.78, 5) is 49.6. The number of aromatic hydroxyl groups is 1. The maximum absolute atomic E-state index is 13.7. The number of halogens is 1. The Kier molecular flexibility index (Phi) is 6.06. The number of hydrogen-bond donors (Lipinski definition) is 6. The van der Waals surface area contributed by atoms with Gasteiger partial charge in [0.05, 0.1) is 5.56 Å². The highest BCUT2D eigenvalue weighted by Crippen LogP contribution is 2.53. The summed E-state index contributed by atoms with van der Waals surface area (Å²) >= 11 is 0. The van der Waals surface area contributed by atoms with Crippen molar-refractivity contribution in [3.63, 3.8) is 0 Å². The molecule has 2 amide bonds. The number of benzene rings is 2. The van der Waals surface area contributed by atoms with Crippen LogP contribution in [0.5, 0.6) is 5.75 Å². The van der Waals surface area contributed by atoms with Gasteiger partial charge in [-0.05, 0) is 53.6 Å². The largest absolute Gasteiger partial charge is 0.508 e. The van der Waals surface area contributed by atoms with Crippen molar-refractivity contribution in [2.45, 2.75) is 38.3 Å². The number of ketones is 2. The second kappa shape index (κ2) is 9.05. The maximum Gasteiger partial charge on any atom is 0.255 e. The topological polar surface area (TPSA) is 187 Å². The number of phenolic OH excluding ortho intramolecular Hbond substituents is 1. The van der Waals surface area contributed by atoms with E-state index in [1.807, 2.05) is 0 Å². The van der Waals surface area contributed by atoms with E-state index in [0.717, 1.165) is 0 Å². The second-order valence-corrected chi connectivity index (χ2v) is 10.1. The molecule has 0 aliphatic heterocycles.